The van der Waals surface area contributed by atoms with Crippen LogP contribution in [0, 0.1) is 39.9 Å². The smallest absolute Gasteiger partial charge is 0.549 e. The van der Waals surface area contributed by atoms with Crippen LogP contribution in [0.25, 0.3) is 0 Å². The third kappa shape index (κ3) is 20.4. The zero-order valence-electron chi connectivity index (χ0n) is 24.9. The third-order valence-corrected chi connectivity index (χ3v) is 8.37. The van der Waals surface area contributed by atoms with Crippen LogP contribution < -0.4 is 15.3 Å². The minimum atomic E-state index is -3.55. The van der Waals surface area contributed by atoms with Crippen molar-refractivity contribution in [2.45, 2.75) is 51.6 Å². The number of carbonyl (C=O) groups excluding carboxylic acids is 3. The molecule has 0 spiro atoms. The van der Waals surface area contributed by atoms with Crippen molar-refractivity contribution in [1.29, 1.82) is 0 Å². The molecule has 1 unspecified atom stereocenters. The van der Waals surface area contributed by atoms with E-state index in [-0.39, 0.29) is 112 Å². The van der Waals surface area contributed by atoms with Crippen LogP contribution in [0.1, 0.15) is 45.4 Å². The van der Waals surface area contributed by atoms with Gasteiger partial charge in [0.1, 0.15) is 0 Å². The molecular formula is C26H48GdN5O9S. The van der Waals surface area contributed by atoms with E-state index < -0.39 is 34.0 Å². The number of nitrogens with zero attached hydrogens (tertiary/aromatic N) is 5. The fourth-order valence-corrected chi connectivity index (χ4v) is 5.74. The summed E-state index contributed by atoms with van der Waals surface area (Å²) in [5.41, 5.74) is 0. The number of aliphatic carboxylic acids is 3. The van der Waals surface area contributed by atoms with Gasteiger partial charge in [-0.2, -0.15) is 4.31 Å². The molecule has 245 valence electrons. The maximum Gasteiger partial charge on any atom is 3.00 e. The summed E-state index contributed by atoms with van der Waals surface area (Å²) in [6, 6.07) is 0. The van der Waals surface area contributed by atoms with Crippen molar-refractivity contribution < 1.29 is 83.2 Å². The monoisotopic (exact) mass is 764 g/mol. The number of carbonyl (C=O) groups is 3. The van der Waals surface area contributed by atoms with E-state index in [0.29, 0.717) is 26.1 Å². The predicted molar refractivity (Wildman–Crippen MR) is 147 cm³/mol. The van der Waals surface area contributed by atoms with E-state index >= 15 is 0 Å². The maximum absolute atomic E-state index is 12.4. The van der Waals surface area contributed by atoms with Crippen LogP contribution in [0.3, 0.4) is 0 Å². The van der Waals surface area contributed by atoms with Crippen LogP contribution in [0.5, 0.6) is 0 Å². The Morgan fingerprint density at radius 2 is 1.07 bits per heavy atom. The van der Waals surface area contributed by atoms with Gasteiger partial charge in [0, 0.05) is 91.6 Å². The molecular weight excluding hydrogens is 716 g/mol. The number of carboxylic acids is 3. The Morgan fingerprint density at radius 3 is 1.43 bits per heavy atom. The van der Waals surface area contributed by atoms with Crippen molar-refractivity contribution in [1.82, 2.24) is 23.9 Å². The number of hydrogen-bond acceptors (Lipinski definition) is 13. The first-order valence-corrected chi connectivity index (χ1v) is 16.3. The standard InChI is InChI=1S/C26H51N5O9S.Gd/c1-3-4-5-6-7-8-9-31(41(2,39)40)19-23(32)18-27-10-12-28(20-24(33)34)14-16-30(22-26(37)38)17-15-29(13-11-27)21-25(35)36;/h23,32H,3-22H2,1-2H3,(H,33,34)(H,35,36)(H,37,38);/q;+3/p-3. The summed E-state index contributed by atoms with van der Waals surface area (Å²) < 4.78 is 26.1. The molecule has 0 saturated carbocycles. The molecule has 1 saturated heterocycles. The summed E-state index contributed by atoms with van der Waals surface area (Å²) in [6.45, 7) is 3.31. The molecule has 1 atom stereocenters. The zero-order valence-corrected chi connectivity index (χ0v) is 28.0. The SMILES string of the molecule is CCCCCCCCN(CC(O)CN1CCN(CC(=O)[O-])CCN(CC(=O)[O-])CCN(CC(=O)[O-])CC1)S(C)(=O)=O.[Gd+3]. The second-order valence-corrected chi connectivity index (χ2v) is 12.8. The van der Waals surface area contributed by atoms with Gasteiger partial charge < -0.3 is 34.8 Å². The van der Waals surface area contributed by atoms with E-state index in [1.807, 2.05) is 4.90 Å². The van der Waals surface area contributed by atoms with E-state index in [4.69, 9.17) is 0 Å². The average molecular weight is 764 g/mol. The number of hydrogen-bond donors (Lipinski definition) is 1. The van der Waals surface area contributed by atoms with Crippen LogP contribution in [0.15, 0.2) is 0 Å². The number of aliphatic hydroxyl groups is 1. The van der Waals surface area contributed by atoms with Crippen LogP contribution in [0.4, 0.5) is 0 Å². The molecule has 0 aromatic rings. The van der Waals surface area contributed by atoms with Gasteiger partial charge in [-0.05, 0) is 6.42 Å². The van der Waals surface area contributed by atoms with Crippen molar-refractivity contribution in [3.63, 3.8) is 0 Å². The summed E-state index contributed by atoms with van der Waals surface area (Å²) >= 11 is 0. The third-order valence-electron chi connectivity index (χ3n) is 7.10. The van der Waals surface area contributed by atoms with Crippen LogP contribution in [0.2, 0.25) is 0 Å². The van der Waals surface area contributed by atoms with Crippen molar-refractivity contribution in [3.8, 4) is 0 Å². The second-order valence-electron chi connectivity index (χ2n) is 10.8. The summed E-state index contributed by atoms with van der Waals surface area (Å²) in [5, 5.41) is 44.7. The first kappa shape index (κ1) is 41.4. The van der Waals surface area contributed by atoms with E-state index in [1.165, 1.54) is 4.31 Å². The van der Waals surface area contributed by atoms with Gasteiger partial charge in [-0.15, -0.1) is 0 Å². The van der Waals surface area contributed by atoms with E-state index in [0.717, 1.165) is 38.4 Å². The minimum absolute atomic E-state index is 0. The molecule has 1 radical (unpaired) electrons. The second kappa shape index (κ2) is 22.9. The van der Waals surface area contributed by atoms with Gasteiger partial charge in [0.05, 0.1) is 30.3 Å². The van der Waals surface area contributed by atoms with Gasteiger partial charge >= 0.3 is 39.9 Å². The van der Waals surface area contributed by atoms with E-state index in [9.17, 15) is 43.2 Å². The number of β-amino-alcohol motifs (C(OH)–C–C–N with tert-alkyl or cyclic N) is 1. The summed E-state index contributed by atoms with van der Waals surface area (Å²) in [7, 11) is -3.55. The molecule has 0 aliphatic carbocycles. The molecule has 0 bridgehead atoms. The topological polar surface area (TPSA) is 191 Å². The quantitative estimate of drug-likeness (QED) is 0.132. The Hall–Kier alpha value is -0.555. The first-order chi connectivity index (χ1) is 19.3. The number of rotatable bonds is 18. The van der Waals surface area contributed by atoms with E-state index in [1.54, 1.807) is 14.7 Å². The number of aliphatic hydroxyl groups excluding tert-OH is 1. The minimum Gasteiger partial charge on any atom is -0.549 e. The Morgan fingerprint density at radius 1 is 0.714 bits per heavy atom. The molecule has 0 aromatic heterocycles. The number of carboxylic acid groups (broad SMARTS) is 3. The van der Waals surface area contributed by atoms with Gasteiger partial charge in [-0.25, -0.2) is 8.42 Å². The Balaban J connectivity index is 0.0000168. The molecule has 1 aliphatic rings. The van der Waals surface area contributed by atoms with Crippen LogP contribution in [-0.2, 0) is 24.4 Å². The Labute approximate surface area is 282 Å². The summed E-state index contributed by atoms with van der Waals surface area (Å²) in [4.78, 5) is 40.5. The summed E-state index contributed by atoms with van der Waals surface area (Å²) in [5.74, 6) is -3.86. The zero-order chi connectivity index (χ0) is 30.8. The molecule has 16 heteroatoms. The fraction of sp³-hybridized carbons (Fsp3) is 0.885. The molecule has 0 amide bonds. The molecule has 1 fully saturated rings. The van der Waals surface area contributed by atoms with Gasteiger partial charge in [0.15, 0.2) is 0 Å². The molecule has 42 heavy (non-hydrogen) atoms. The molecule has 1 N–H and O–H groups in total. The van der Waals surface area contributed by atoms with Crippen molar-refractivity contribution >= 4 is 27.9 Å². The summed E-state index contributed by atoms with van der Waals surface area (Å²) in [6.07, 6.45) is 6.07. The average Bonchev–Trinajstić information content (AvgIpc) is 2.85. The molecule has 1 heterocycles. The molecule has 0 aromatic carbocycles. The Bertz CT molecular complexity index is 867. The first-order valence-electron chi connectivity index (χ1n) is 14.4. The molecule has 14 nitrogen and oxygen atoms in total. The van der Waals surface area contributed by atoms with Gasteiger partial charge in [0.25, 0.3) is 0 Å². The van der Waals surface area contributed by atoms with Crippen LogP contribution in [-0.4, -0.2) is 159 Å². The fourth-order valence-electron chi connectivity index (χ4n) is 4.84. The van der Waals surface area contributed by atoms with Gasteiger partial charge in [0.2, 0.25) is 10.0 Å². The van der Waals surface area contributed by atoms with Gasteiger partial charge in [-0.1, -0.05) is 39.0 Å². The van der Waals surface area contributed by atoms with Crippen molar-refractivity contribution in [3.05, 3.63) is 0 Å². The Kier molecular flexibility index (Phi) is 22.6. The van der Waals surface area contributed by atoms with Crippen LogP contribution >= 0.6 is 0 Å². The number of sulfonamides is 1. The predicted octanol–water partition coefficient (Wildman–Crippen LogP) is -4.56. The molecule has 1 aliphatic heterocycles. The maximum atomic E-state index is 12.4. The van der Waals surface area contributed by atoms with Crippen molar-refractivity contribution in [2.75, 3.05) is 97.9 Å². The largest absolute Gasteiger partial charge is 3.00 e. The van der Waals surface area contributed by atoms with E-state index in [2.05, 4.69) is 6.92 Å². The normalized spacial score (nSPS) is 18.1. The van der Waals surface area contributed by atoms with Gasteiger partial charge in [-0.3, -0.25) is 19.6 Å². The number of unbranched alkanes of at least 4 members (excludes halogenated alkanes) is 5. The molecule has 1 rings (SSSR count). The van der Waals surface area contributed by atoms with Crippen molar-refractivity contribution in [2.24, 2.45) is 0 Å².